The quantitative estimate of drug-likeness (QED) is 0.280. The second-order valence-corrected chi connectivity index (χ2v) is 10.1. The van der Waals surface area contributed by atoms with Crippen LogP contribution in [-0.2, 0) is 12.1 Å². The van der Waals surface area contributed by atoms with Crippen LogP contribution in [-0.4, -0.2) is 15.7 Å². The fraction of sp³-hybridized carbons (Fsp3) is 0.226. The van der Waals surface area contributed by atoms with Crippen LogP contribution >= 0.6 is 0 Å². The van der Waals surface area contributed by atoms with Gasteiger partial charge in [-0.15, -0.1) is 0 Å². The van der Waals surface area contributed by atoms with Gasteiger partial charge in [-0.3, -0.25) is 4.79 Å². The molecule has 9 heteroatoms. The Kier molecular flexibility index (Phi) is 7.43. The first-order chi connectivity index (χ1) is 19.3. The summed E-state index contributed by atoms with van der Waals surface area (Å²) in [5.74, 6) is -0.645. The fourth-order valence-corrected chi connectivity index (χ4v) is 4.83. The summed E-state index contributed by atoms with van der Waals surface area (Å²) in [6.45, 7) is 0.292. The van der Waals surface area contributed by atoms with Crippen molar-refractivity contribution >= 4 is 11.6 Å². The van der Waals surface area contributed by atoms with E-state index in [0.717, 1.165) is 17.5 Å². The molecule has 5 N–H and O–H groups in total. The third kappa shape index (κ3) is 5.48. The highest BCUT2D eigenvalue weighted by Gasteiger charge is 2.33. The number of nitriles is 2. The van der Waals surface area contributed by atoms with Gasteiger partial charge in [0, 0.05) is 12.6 Å². The Balaban J connectivity index is 1.49. The number of carbonyl (C=O) groups excluding carboxylic acids is 1. The number of rotatable bonds is 9. The lowest BCUT2D eigenvalue weighted by atomic mass is 9.79. The molecule has 1 unspecified atom stereocenters. The molecule has 40 heavy (non-hydrogen) atoms. The highest BCUT2D eigenvalue weighted by atomic mass is 19.1. The Bertz CT molecular complexity index is 1640. The second kappa shape index (κ2) is 11.1. The van der Waals surface area contributed by atoms with E-state index in [-0.39, 0.29) is 17.1 Å². The maximum absolute atomic E-state index is 15.1. The number of benzene rings is 3. The first kappa shape index (κ1) is 26.8. The average molecular weight is 534 g/mol. The van der Waals surface area contributed by atoms with Crippen LogP contribution in [0.25, 0.3) is 5.69 Å². The lowest BCUT2D eigenvalue weighted by Crippen LogP contribution is -2.38. The van der Waals surface area contributed by atoms with Crippen molar-refractivity contribution in [3.63, 3.8) is 0 Å². The Morgan fingerprint density at radius 1 is 1.05 bits per heavy atom. The highest BCUT2D eigenvalue weighted by Crippen LogP contribution is 2.40. The maximum Gasteiger partial charge on any atom is 0.274 e. The summed E-state index contributed by atoms with van der Waals surface area (Å²) < 4.78 is 16.4. The number of carbonyl (C=O) groups is 1. The summed E-state index contributed by atoms with van der Waals surface area (Å²) >= 11 is 0. The van der Waals surface area contributed by atoms with Crippen LogP contribution in [0.5, 0.6) is 0 Å². The fourth-order valence-electron chi connectivity index (χ4n) is 4.83. The number of aromatic nitrogens is 2. The predicted molar refractivity (Wildman–Crippen MR) is 149 cm³/mol. The van der Waals surface area contributed by atoms with Crippen LogP contribution in [0.15, 0.2) is 72.8 Å². The van der Waals surface area contributed by atoms with Gasteiger partial charge in [-0.2, -0.15) is 15.6 Å². The van der Waals surface area contributed by atoms with Crippen molar-refractivity contribution in [3.05, 3.63) is 112 Å². The van der Waals surface area contributed by atoms with Gasteiger partial charge in [0.15, 0.2) is 5.69 Å². The normalized spacial score (nSPS) is 14.1. The zero-order valence-corrected chi connectivity index (χ0v) is 21.8. The van der Waals surface area contributed by atoms with E-state index in [4.69, 9.17) is 11.5 Å². The number of anilines is 1. The number of nitrogens with one attached hydrogen (secondary N) is 1. The summed E-state index contributed by atoms with van der Waals surface area (Å²) in [7, 11) is 0. The molecule has 1 saturated carbocycles. The minimum atomic E-state index is -0.956. The molecule has 0 spiro atoms. The van der Waals surface area contributed by atoms with Crippen molar-refractivity contribution in [2.45, 2.75) is 37.8 Å². The molecule has 5 rings (SSSR count). The molecule has 0 aliphatic heterocycles. The van der Waals surface area contributed by atoms with Crippen LogP contribution in [0.3, 0.4) is 0 Å². The molecule has 200 valence electrons. The van der Waals surface area contributed by atoms with Crippen LogP contribution < -0.4 is 16.8 Å². The zero-order valence-electron chi connectivity index (χ0n) is 21.8. The number of nitrogens with two attached hydrogens (primary N) is 2. The van der Waals surface area contributed by atoms with Crippen molar-refractivity contribution in [1.29, 1.82) is 10.5 Å². The van der Waals surface area contributed by atoms with Gasteiger partial charge in [0.2, 0.25) is 0 Å². The molecular weight excluding hydrogens is 505 g/mol. The number of hydrogen-bond donors (Lipinski definition) is 3. The van der Waals surface area contributed by atoms with Crippen molar-refractivity contribution in [2.75, 3.05) is 5.32 Å². The maximum atomic E-state index is 15.1. The second-order valence-electron chi connectivity index (χ2n) is 10.1. The van der Waals surface area contributed by atoms with E-state index < -0.39 is 17.3 Å². The molecule has 1 fully saturated rings. The van der Waals surface area contributed by atoms with Crippen molar-refractivity contribution < 1.29 is 9.18 Å². The van der Waals surface area contributed by atoms with E-state index in [1.165, 1.54) is 29.7 Å². The Labute approximate surface area is 231 Å². The lowest BCUT2D eigenvalue weighted by molar-refractivity contribution is 0.101. The Morgan fingerprint density at radius 3 is 2.48 bits per heavy atom. The van der Waals surface area contributed by atoms with Gasteiger partial charge in [0.25, 0.3) is 5.91 Å². The van der Waals surface area contributed by atoms with Gasteiger partial charge in [-0.1, -0.05) is 43.2 Å². The van der Waals surface area contributed by atoms with E-state index in [1.807, 2.05) is 24.3 Å². The van der Waals surface area contributed by atoms with Crippen molar-refractivity contribution in [2.24, 2.45) is 17.4 Å². The molecule has 0 bridgehead atoms. The highest BCUT2D eigenvalue weighted by molar-refractivity contribution is 6.03. The summed E-state index contributed by atoms with van der Waals surface area (Å²) in [6, 6.07) is 24.1. The van der Waals surface area contributed by atoms with E-state index in [1.54, 1.807) is 42.5 Å². The molecule has 1 atom stereocenters. The smallest absolute Gasteiger partial charge is 0.274 e. The van der Waals surface area contributed by atoms with Crippen LogP contribution in [0, 0.1) is 34.4 Å². The summed E-state index contributed by atoms with van der Waals surface area (Å²) in [5.41, 5.74) is 15.2. The van der Waals surface area contributed by atoms with Gasteiger partial charge < -0.3 is 16.8 Å². The Morgan fingerprint density at radius 2 is 1.80 bits per heavy atom. The zero-order chi connectivity index (χ0) is 28.3. The SMILES string of the molecule is N#Cc1ccc(C(N)(CCC2CC2)c2ccc(F)c(NC(=O)c3cc(C#N)nn3-c3cccc(CN)c3)c2)cc1. The molecule has 0 saturated heterocycles. The van der Waals surface area contributed by atoms with Crippen LogP contribution in [0.4, 0.5) is 10.1 Å². The number of halogens is 1. The molecule has 1 heterocycles. The molecule has 3 aromatic carbocycles. The van der Waals surface area contributed by atoms with Gasteiger partial charge in [0.05, 0.1) is 28.5 Å². The van der Waals surface area contributed by atoms with E-state index in [2.05, 4.69) is 16.5 Å². The summed E-state index contributed by atoms with van der Waals surface area (Å²) in [5, 5.41) is 25.5. The molecule has 0 radical (unpaired) electrons. The average Bonchev–Trinajstić information content (AvgIpc) is 3.72. The molecule has 8 nitrogen and oxygen atoms in total. The number of nitrogens with zero attached hydrogens (tertiary/aromatic N) is 4. The van der Waals surface area contributed by atoms with E-state index in [0.29, 0.717) is 35.7 Å². The standard InChI is InChI=1S/C31H28FN7O/c32-27-11-10-24(31(36,13-12-20-4-5-20)23-8-6-21(17-33)7-9-23)15-28(27)37-30(40)29-16-25(19-35)38-39(29)26-3-1-2-22(14-26)18-34/h1-3,6-11,14-16,20H,4-5,12-13,18,34,36H2,(H,37,40). The molecule has 4 aromatic rings. The van der Waals surface area contributed by atoms with Gasteiger partial charge in [-0.25, -0.2) is 9.07 Å². The van der Waals surface area contributed by atoms with Gasteiger partial charge in [0.1, 0.15) is 17.6 Å². The topological polar surface area (TPSA) is 147 Å². The van der Waals surface area contributed by atoms with Crippen LogP contribution in [0.2, 0.25) is 0 Å². The van der Waals surface area contributed by atoms with E-state index in [9.17, 15) is 15.3 Å². The molecule has 1 aliphatic rings. The minimum absolute atomic E-state index is 0.0411. The minimum Gasteiger partial charge on any atom is -0.326 e. The molecule has 1 aromatic heterocycles. The number of amides is 1. The van der Waals surface area contributed by atoms with Crippen LogP contribution in [0.1, 0.15) is 64.1 Å². The first-order valence-corrected chi connectivity index (χ1v) is 13.0. The monoisotopic (exact) mass is 533 g/mol. The number of hydrogen-bond acceptors (Lipinski definition) is 6. The van der Waals surface area contributed by atoms with Crippen molar-refractivity contribution in [3.8, 4) is 17.8 Å². The largest absolute Gasteiger partial charge is 0.326 e. The third-order valence-electron chi connectivity index (χ3n) is 7.35. The summed E-state index contributed by atoms with van der Waals surface area (Å²) in [4.78, 5) is 13.4. The van der Waals surface area contributed by atoms with Gasteiger partial charge >= 0.3 is 0 Å². The van der Waals surface area contributed by atoms with Crippen molar-refractivity contribution in [1.82, 2.24) is 9.78 Å². The predicted octanol–water partition coefficient (Wildman–Crippen LogP) is 4.86. The lowest BCUT2D eigenvalue weighted by Gasteiger charge is -2.31. The van der Waals surface area contributed by atoms with E-state index >= 15 is 4.39 Å². The molecular formula is C31H28FN7O. The third-order valence-corrected chi connectivity index (χ3v) is 7.35. The Hall–Kier alpha value is -4.83. The van der Waals surface area contributed by atoms with Gasteiger partial charge in [-0.05, 0) is 71.8 Å². The summed E-state index contributed by atoms with van der Waals surface area (Å²) in [6.07, 6.45) is 3.87. The first-order valence-electron chi connectivity index (χ1n) is 13.0. The molecule has 1 amide bonds. The molecule has 1 aliphatic carbocycles.